The first-order chi connectivity index (χ1) is 14.2. The Labute approximate surface area is 178 Å². The second-order valence-corrected chi connectivity index (χ2v) is 8.75. The van der Waals surface area contributed by atoms with Gasteiger partial charge in [0.1, 0.15) is 11.6 Å². The Hall–Kier alpha value is -2.83. The van der Waals surface area contributed by atoms with Crippen molar-refractivity contribution in [2.75, 3.05) is 13.1 Å². The SMILES string of the molecule is Cc1nn(-c2ccccc2)cc1CCCNC(=O)C1CCCN1C(=O)OC(C)(C)C. The summed E-state index contributed by atoms with van der Waals surface area (Å²) in [6.07, 6.45) is 4.77. The summed E-state index contributed by atoms with van der Waals surface area (Å²) < 4.78 is 7.32. The standard InChI is InChI=1S/C23H32N4O3/c1-17-18(16-27(25-17)19-11-6-5-7-12-19)10-8-14-24-21(28)20-13-9-15-26(20)22(29)30-23(2,3)4/h5-7,11-12,16,20H,8-10,13-15H2,1-4H3,(H,24,28). The third kappa shape index (κ3) is 5.62. The zero-order valence-electron chi connectivity index (χ0n) is 18.4. The summed E-state index contributed by atoms with van der Waals surface area (Å²) in [5.74, 6) is -0.102. The molecule has 7 heteroatoms. The van der Waals surface area contributed by atoms with Crippen LogP contribution in [0.2, 0.25) is 0 Å². The fraction of sp³-hybridized carbons (Fsp3) is 0.522. The molecule has 0 saturated carbocycles. The van der Waals surface area contributed by atoms with Crippen LogP contribution in [0.3, 0.4) is 0 Å². The maximum atomic E-state index is 12.6. The molecular formula is C23H32N4O3. The van der Waals surface area contributed by atoms with Crippen LogP contribution in [-0.4, -0.2) is 51.4 Å². The minimum Gasteiger partial charge on any atom is -0.444 e. The van der Waals surface area contributed by atoms with E-state index in [-0.39, 0.29) is 5.91 Å². The molecule has 1 fully saturated rings. The van der Waals surface area contributed by atoms with Gasteiger partial charge in [0, 0.05) is 19.3 Å². The van der Waals surface area contributed by atoms with Crippen LogP contribution in [-0.2, 0) is 16.0 Å². The number of nitrogens with one attached hydrogen (secondary N) is 1. The molecule has 2 heterocycles. The van der Waals surface area contributed by atoms with Crippen LogP contribution in [0.4, 0.5) is 4.79 Å². The summed E-state index contributed by atoms with van der Waals surface area (Å²) in [7, 11) is 0. The second-order valence-electron chi connectivity index (χ2n) is 8.75. The number of hydrogen-bond donors (Lipinski definition) is 1. The second kappa shape index (κ2) is 9.32. The number of para-hydroxylation sites is 1. The van der Waals surface area contributed by atoms with Crippen molar-refractivity contribution in [3.05, 3.63) is 47.8 Å². The Morgan fingerprint density at radius 2 is 1.97 bits per heavy atom. The lowest BCUT2D eigenvalue weighted by Gasteiger charge is -2.28. The molecule has 1 aromatic carbocycles. The van der Waals surface area contributed by atoms with E-state index in [4.69, 9.17) is 4.74 Å². The third-order valence-corrected chi connectivity index (χ3v) is 5.13. The number of nitrogens with zero attached hydrogens (tertiary/aromatic N) is 3. The van der Waals surface area contributed by atoms with Gasteiger partial charge in [-0.2, -0.15) is 5.10 Å². The van der Waals surface area contributed by atoms with Crippen LogP contribution >= 0.6 is 0 Å². The van der Waals surface area contributed by atoms with Crippen LogP contribution < -0.4 is 5.32 Å². The van der Waals surface area contributed by atoms with Gasteiger partial charge in [0.25, 0.3) is 0 Å². The molecule has 2 aromatic rings. The topological polar surface area (TPSA) is 76.5 Å². The molecule has 1 aliphatic rings. The number of carbonyl (C=O) groups excluding carboxylic acids is 2. The van der Waals surface area contributed by atoms with E-state index in [1.807, 2.05) is 68.9 Å². The quantitative estimate of drug-likeness (QED) is 0.735. The molecule has 162 valence electrons. The van der Waals surface area contributed by atoms with E-state index in [9.17, 15) is 9.59 Å². The Balaban J connectivity index is 1.48. The molecule has 2 amide bonds. The molecule has 7 nitrogen and oxygen atoms in total. The predicted octanol–water partition coefficient (Wildman–Crippen LogP) is 3.63. The smallest absolute Gasteiger partial charge is 0.410 e. The number of carbonyl (C=O) groups is 2. The zero-order valence-corrected chi connectivity index (χ0v) is 18.4. The summed E-state index contributed by atoms with van der Waals surface area (Å²) in [6.45, 7) is 8.62. The molecule has 1 aliphatic heterocycles. The molecule has 1 N–H and O–H groups in total. The molecule has 1 saturated heterocycles. The highest BCUT2D eigenvalue weighted by molar-refractivity contribution is 5.86. The first kappa shape index (κ1) is 21.9. The van der Waals surface area contributed by atoms with Crippen LogP contribution in [0, 0.1) is 6.92 Å². The maximum absolute atomic E-state index is 12.6. The van der Waals surface area contributed by atoms with E-state index >= 15 is 0 Å². The number of benzene rings is 1. The average Bonchev–Trinajstić information content (AvgIpc) is 3.32. The van der Waals surface area contributed by atoms with Crippen molar-refractivity contribution in [2.24, 2.45) is 0 Å². The number of hydrogen-bond acceptors (Lipinski definition) is 4. The van der Waals surface area contributed by atoms with E-state index in [0.29, 0.717) is 19.5 Å². The van der Waals surface area contributed by atoms with Gasteiger partial charge in [-0.25, -0.2) is 9.48 Å². The fourth-order valence-corrected chi connectivity index (χ4v) is 3.64. The van der Waals surface area contributed by atoms with Gasteiger partial charge in [0.15, 0.2) is 0 Å². The zero-order chi connectivity index (χ0) is 21.7. The highest BCUT2D eigenvalue weighted by Gasteiger charge is 2.36. The molecule has 1 unspecified atom stereocenters. The Bertz CT molecular complexity index is 870. The Morgan fingerprint density at radius 1 is 1.23 bits per heavy atom. The summed E-state index contributed by atoms with van der Waals surface area (Å²) in [6, 6.07) is 9.57. The van der Waals surface area contributed by atoms with Crippen molar-refractivity contribution >= 4 is 12.0 Å². The van der Waals surface area contributed by atoms with Crippen LogP contribution in [0.1, 0.15) is 51.3 Å². The highest BCUT2D eigenvalue weighted by Crippen LogP contribution is 2.21. The molecular weight excluding hydrogens is 380 g/mol. The van der Waals surface area contributed by atoms with Crippen LogP contribution in [0.25, 0.3) is 5.69 Å². The van der Waals surface area contributed by atoms with Crippen molar-refractivity contribution in [3.63, 3.8) is 0 Å². The summed E-state index contributed by atoms with van der Waals surface area (Å²) in [5.41, 5.74) is 2.63. The van der Waals surface area contributed by atoms with E-state index < -0.39 is 17.7 Å². The normalized spacial score (nSPS) is 16.5. The summed E-state index contributed by atoms with van der Waals surface area (Å²) >= 11 is 0. The highest BCUT2D eigenvalue weighted by atomic mass is 16.6. The number of rotatable bonds is 6. The number of aromatic nitrogens is 2. The third-order valence-electron chi connectivity index (χ3n) is 5.13. The van der Waals surface area contributed by atoms with Crippen LogP contribution in [0.15, 0.2) is 36.5 Å². The van der Waals surface area contributed by atoms with Gasteiger partial charge in [-0.3, -0.25) is 9.69 Å². The Kier molecular flexibility index (Phi) is 6.80. The fourth-order valence-electron chi connectivity index (χ4n) is 3.64. The van der Waals surface area contributed by atoms with E-state index in [2.05, 4.69) is 10.4 Å². The molecule has 1 aromatic heterocycles. The van der Waals surface area contributed by atoms with Crippen molar-refractivity contribution < 1.29 is 14.3 Å². The van der Waals surface area contributed by atoms with Crippen LogP contribution in [0.5, 0.6) is 0 Å². The average molecular weight is 413 g/mol. The predicted molar refractivity (Wildman–Crippen MR) is 116 cm³/mol. The number of aryl methyl sites for hydroxylation is 2. The van der Waals surface area contributed by atoms with Crippen molar-refractivity contribution in [3.8, 4) is 5.69 Å². The van der Waals surface area contributed by atoms with Crippen molar-refractivity contribution in [1.29, 1.82) is 0 Å². The summed E-state index contributed by atoms with van der Waals surface area (Å²) in [5, 5.41) is 7.57. The van der Waals surface area contributed by atoms with Gasteiger partial charge in [-0.1, -0.05) is 18.2 Å². The first-order valence-electron chi connectivity index (χ1n) is 10.6. The van der Waals surface area contributed by atoms with Gasteiger partial charge in [0.05, 0.1) is 11.4 Å². The van der Waals surface area contributed by atoms with Gasteiger partial charge in [-0.15, -0.1) is 0 Å². The monoisotopic (exact) mass is 412 g/mol. The lowest BCUT2D eigenvalue weighted by molar-refractivity contribution is -0.125. The number of ether oxygens (including phenoxy) is 1. The minimum atomic E-state index is -0.567. The van der Waals surface area contributed by atoms with Gasteiger partial charge < -0.3 is 10.1 Å². The van der Waals surface area contributed by atoms with Crippen molar-refractivity contribution in [2.45, 2.75) is 65.0 Å². The van der Waals surface area contributed by atoms with Gasteiger partial charge in [-0.05, 0) is 71.1 Å². The van der Waals surface area contributed by atoms with E-state index in [0.717, 1.165) is 30.6 Å². The molecule has 30 heavy (non-hydrogen) atoms. The number of amides is 2. The lowest BCUT2D eigenvalue weighted by atomic mass is 10.1. The van der Waals surface area contributed by atoms with Crippen molar-refractivity contribution in [1.82, 2.24) is 20.0 Å². The molecule has 1 atom stereocenters. The minimum absolute atomic E-state index is 0.102. The molecule has 3 rings (SSSR count). The first-order valence-corrected chi connectivity index (χ1v) is 10.6. The molecule has 0 radical (unpaired) electrons. The van der Waals surface area contributed by atoms with Gasteiger partial charge in [0.2, 0.25) is 5.91 Å². The van der Waals surface area contributed by atoms with E-state index in [1.165, 1.54) is 5.56 Å². The summed E-state index contributed by atoms with van der Waals surface area (Å²) in [4.78, 5) is 26.5. The lowest BCUT2D eigenvalue weighted by Crippen LogP contribution is -2.47. The molecule has 0 bridgehead atoms. The maximum Gasteiger partial charge on any atom is 0.410 e. The largest absolute Gasteiger partial charge is 0.444 e. The molecule has 0 aliphatic carbocycles. The Morgan fingerprint density at radius 3 is 2.67 bits per heavy atom. The van der Waals surface area contributed by atoms with Gasteiger partial charge >= 0.3 is 6.09 Å². The number of likely N-dealkylation sites (tertiary alicyclic amines) is 1. The molecule has 0 spiro atoms. The van der Waals surface area contributed by atoms with E-state index in [1.54, 1.807) is 4.90 Å².